The van der Waals surface area contributed by atoms with Crippen molar-refractivity contribution in [1.82, 2.24) is 0 Å². The third kappa shape index (κ3) is 4.88. The highest BCUT2D eigenvalue weighted by Crippen LogP contribution is 2.45. The third-order valence-electron chi connectivity index (χ3n) is 3.96. The number of carbonyl (C=O) groups excluding carboxylic acids is 1. The third-order valence-corrected chi connectivity index (χ3v) is 4.19. The van der Waals surface area contributed by atoms with Crippen molar-refractivity contribution in [2.75, 3.05) is 0 Å². The van der Waals surface area contributed by atoms with Gasteiger partial charge < -0.3 is 4.52 Å². The van der Waals surface area contributed by atoms with E-state index in [-0.39, 0.29) is 17.3 Å². The van der Waals surface area contributed by atoms with Crippen LogP contribution in [0.3, 0.4) is 0 Å². The lowest BCUT2D eigenvalue weighted by molar-refractivity contribution is -0.144. The summed E-state index contributed by atoms with van der Waals surface area (Å²) in [5.74, 6) is 0.0389. The Balaban J connectivity index is 5.20. The Kier molecular flexibility index (Phi) is 9.73. The van der Waals surface area contributed by atoms with Gasteiger partial charge in [0, 0.05) is 0 Å². The lowest BCUT2D eigenvalue weighted by Gasteiger charge is -2.39. The minimum absolute atomic E-state index is 0.0304. The molecule has 18 heavy (non-hydrogen) atoms. The van der Waals surface area contributed by atoms with E-state index in [0.717, 1.165) is 51.4 Å². The van der Waals surface area contributed by atoms with Gasteiger partial charge in [-0.05, 0) is 31.1 Å². The van der Waals surface area contributed by atoms with Crippen LogP contribution < -0.4 is 0 Å². The van der Waals surface area contributed by atoms with Gasteiger partial charge >= 0.3 is 5.97 Å². The van der Waals surface area contributed by atoms with Crippen LogP contribution in [0.25, 0.3) is 0 Å². The molecule has 0 aromatic rings. The average Bonchev–Trinajstić information content (AvgIpc) is 2.36. The predicted molar refractivity (Wildman–Crippen MR) is 81.4 cm³/mol. The Morgan fingerprint density at radius 1 is 1.00 bits per heavy atom. The molecule has 0 amide bonds. The molecule has 0 fully saturated rings. The van der Waals surface area contributed by atoms with E-state index >= 15 is 0 Å². The van der Waals surface area contributed by atoms with E-state index in [1.165, 1.54) is 0 Å². The molecule has 0 aliphatic carbocycles. The summed E-state index contributed by atoms with van der Waals surface area (Å²) in [5, 5.41) is 0. The van der Waals surface area contributed by atoms with Crippen LogP contribution in [0.1, 0.15) is 79.1 Å². The molecule has 0 spiro atoms. The van der Waals surface area contributed by atoms with Gasteiger partial charge in [-0.3, -0.25) is 4.79 Å². The summed E-state index contributed by atoms with van der Waals surface area (Å²) in [6, 6.07) is 0. The Morgan fingerprint density at radius 2 is 1.44 bits per heavy atom. The average molecular weight is 274 g/mol. The van der Waals surface area contributed by atoms with Gasteiger partial charge in [0.15, 0.2) is 0 Å². The molecule has 3 heteroatoms. The molecule has 0 saturated carbocycles. The molecule has 0 aromatic carbocycles. The zero-order valence-corrected chi connectivity index (χ0v) is 13.8. The maximum atomic E-state index is 12.1. The molecule has 2 unspecified atom stereocenters. The Labute approximate surface area is 116 Å². The summed E-state index contributed by atoms with van der Waals surface area (Å²) in [6.45, 7) is 8.80. The van der Waals surface area contributed by atoms with E-state index in [2.05, 4.69) is 37.2 Å². The molecule has 0 rings (SSSR count). The Bertz CT molecular complexity index is 212. The van der Waals surface area contributed by atoms with Gasteiger partial charge in [-0.25, -0.2) is 0 Å². The van der Waals surface area contributed by atoms with Crippen LogP contribution in [0.4, 0.5) is 0 Å². The topological polar surface area (TPSA) is 26.3 Å². The highest BCUT2D eigenvalue weighted by atomic mass is 31.0. The molecule has 0 heterocycles. The van der Waals surface area contributed by atoms with Gasteiger partial charge in [0.1, 0.15) is 0 Å². The van der Waals surface area contributed by atoms with E-state index in [1.807, 2.05) is 0 Å². The first-order valence-electron chi connectivity index (χ1n) is 7.52. The zero-order valence-electron chi connectivity index (χ0n) is 12.6. The number of rotatable bonds is 10. The van der Waals surface area contributed by atoms with Crippen molar-refractivity contribution in [2.45, 2.75) is 79.1 Å². The zero-order chi connectivity index (χ0) is 14.0. The molecule has 0 aromatic heterocycles. The summed E-state index contributed by atoms with van der Waals surface area (Å²) in [7, 11) is 2.13. The van der Waals surface area contributed by atoms with E-state index in [1.54, 1.807) is 0 Å². The fourth-order valence-electron chi connectivity index (χ4n) is 3.44. The van der Waals surface area contributed by atoms with Crippen LogP contribution in [0.15, 0.2) is 0 Å². The van der Waals surface area contributed by atoms with Crippen LogP contribution in [-0.2, 0) is 9.32 Å². The molecule has 0 aliphatic rings. The molecule has 0 N–H and O–H groups in total. The van der Waals surface area contributed by atoms with Crippen molar-refractivity contribution >= 4 is 15.4 Å². The van der Waals surface area contributed by atoms with Gasteiger partial charge in [0.05, 0.1) is 15.4 Å². The number of hydrogen-bond donors (Lipinski definition) is 0. The standard InChI is InChI=1S/C15H31O2P/c1-5-9-13(14(16)17-18)15(10-6-2,11-7-3)12-8-4/h13H,5-12,18H2,1-4H3. The Morgan fingerprint density at radius 3 is 1.72 bits per heavy atom. The lowest BCUT2D eigenvalue weighted by Crippen LogP contribution is -2.36. The molecule has 108 valence electrons. The molecular formula is C15H31O2P. The normalized spacial score (nSPS) is 13.4. The number of carbonyl (C=O) groups is 1. The summed E-state index contributed by atoms with van der Waals surface area (Å²) in [6.07, 6.45) is 8.84. The van der Waals surface area contributed by atoms with Crippen LogP contribution >= 0.6 is 9.47 Å². The highest BCUT2D eigenvalue weighted by Gasteiger charge is 2.40. The van der Waals surface area contributed by atoms with Crippen molar-refractivity contribution < 1.29 is 9.32 Å². The fourth-order valence-corrected chi connectivity index (χ4v) is 3.60. The van der Waals surface area contributed by atoms with E-state index in [9.17, 15) is 4.79 Å². The minimum Gasteiger partial charge on any atom is -0.451 e. The first-order chi connectivity index (χ1) is 8.61. The molecule has 0 bridgehead atoms. The van der Waals surface area contributed by atoms with Gasteiger partial charge in [-0.2, -0.15) is 0 Å². The minimum atomic E-state index is -0.0304. The lowest BCUT2D eigenvalue weighted by atomic mass is 9.65. The van der Waals surface area contributed by atoms with E-state index in [4.69, 9.17) is 4.52 Å². The van der Waals surface area contributed by atoms with Gasteiger partial charge in [-0.15, -0.1) is 0 Å². The summed E-state index contributed by atoms with van der Waals surface area (Å²) >= 11 is 0. The van der Waals surface area contributed by atoms with Crippen LogP contribution in [-0.4, -0.2) is 5.97 Å². The molecule has 2 nitrogen and oxygen atoms in total. The predicted octanol–water partition coefficient (Wildman–Crippen LogP) is 5.12. The maximum absolute atomic E-state index is 12.1. The summed E-state index contributed by atoms with van der Waals surface area (Å²) in [5.41, 5.74) is 0.155. The van der Waals surface area contributed by atoms with Gasteiger partial charge in [0.25, 0.3) is 0 Å². The van der Waals surface area contributed by atoms with Crippen LogP contribution in [0, 0.1) is 11.3 Å². The largest absolute Gasteiger partial charge is 0.451 e. The fraction of sp³-hybridized carbons (Fsp3) is 0.933. The van der Waals surface area contributed by atoms with E-state index < -0.39 is 0 Å². The van der Waals surface area contributed by atoms with Crippen molar-refractivity contribution in [1.29, 1.82) is 0 Å². The molecular weight excluding hydrogens is 243 g/mol. The first-order valence-corrected chi connectivity index (χ1v) is 7.99. The van der Waals surface area contributed by atoms with Crippen molar-refractivity contribution in [2.24, 2.45) is 11.3 Å². The molecule has 0 radical (unpaired) electrons. The van der Waals surface area contributed by atoms with Crippen molar-refractivity contribution in [3.63, 3.8) is 0 Å². The first kappa shape index (κ1) is 17.9. The second kappa shape index (κ2) is 9.78. The summed E-state index contributed by atoms with van der Waals surface area (Å²) in [4.78, 5) is 12.1. The van der Waals surface area contributed by atoms with Crippen molar-refractivity contribution in [3.05, 3.63) is 0 Å². The maximum Gasteiger partial charge on any atom is 0.311 e. The second-order valence-corrected chi connectivity index (χ2v) is 5.63. The molecule has 0 saturated heterocycles. The van der Waals surface area contributed by atoms with Crippen LogP contribution in [0.5, 0.6) is 0 Å². The Hall–Kier alpha value is -0.100. The summed E-state index contributed by atoms with van der Waals surface area (Å²) < 4.78 is 4.99. The quantitative estimate of drug-likeness (QED) is 0.517. The van der Waals surface area contributed by atoms with E-state index in [0.29, 0.717) is 0 Å². The van der Waals surface area contributed by atoms with Gasteiger partial charge in [-0.1, -0.05) is 53.4 Å². The molecule has 2 atom stereocenters. The second-order valence-electron chi connectivity index (χ2n) is 5.39. The smallest absolute Gasteiger partial charge is 0.311 e. The monoisotopic (exact) mass is 274 g/mol. The number of hydrogen-bond acceptors (Lipinski definition) is 2. The SMILES string of the molecule is CCCC(C(=O)OP)C(CCC)(CCC)CCC. The van der Waals surface area contributed by atoms with Crippen LogP contribution in [0.2, 0.25) is 0 Å². The highest BCUT2D eigenvalue weighted by molar-refractivity contribution is 7.10. The molecule has 0 aliphatic heterocycles. The van der Waals surface area contributed by atoms with Gasteiger partial charge in [0.2, 0.25) is 0 Å². The van der Waals surface area contributed by atoms with Crippen molar-refractivity contribution in [3.8, 4) is 0 Å².